The molecule has 4 N–H and O–H groups in total. The molecule has 1 heterocycles. The zero-order valence-corrected chi connectivity index (χ0v) is 9.89. The summed E-state index contributed by atoms with van der Waals surface area (Å²) in [6, 6.07) is 4.87. The summed E-state index contributed by atoms with van der Waals surface area (Å²) >= 11 is 0. The summed E-state index contributed by atoms with van der Waals surface area (Å²) in [4.78, 5) is 10.9. The molecule has 0 aromatic heterocycles. The molecule has 98 valence electrons. The third-order valence-corrected chi connectivity index (χ3v) is 2.74. The lowest BCUT2D eigenvalue weighted by Crippen LogP contribution is -2.34. The minimum absolute atomic E-state index is 0.0355. The van der Waals surface area contributed by atoms with Crippen LogP contribution in [0.25, 0.3) is 0 Å². The van der Waals surface area contributed by atoms with Gasteiger partial charge in [0, 0.05) is 6.54 Å². The van der Waals surface area contributed by atoms with Gasteiger partial charge in [-0.15, -0.1) is 0 Å². The minimum Gasteiger partial charge on any atom is -0.478 e. The maximum absolute atomic E-state index is 10.9. The van der Waals surface area contributed by atoms with Gasteiger partial charge in [0.25, 0.3) is 0 Å². The fraction of sp³-hybridized carbons (Fsp3) is 0.417. The van der Waals surface area contributed by atoms with Crippen LogP contribution in [-0.4, -0.2) is 43.5 Å². The highest BCUT2D eigenvalue weighted by atomic mass is 16.6. The van der Waals surface area contributed by atoms with Gasteiger partial charge in [0.15, 0.2) is 0 Å². The Kier molecular flexibility index (Phi) is 4.01. The normalized spacial score (nSPS) is 19.4. The standard InChI is InChI=1S/C12H16N2O4/c13-11-9(12(15)16)2-1-3-10(11)14-6-8-7-17-4-5-18-8/h1-3,8,14H,4-7,13H2,(H,15,16). The molecule has 0 radical (unpaired) electrons. The third-order valence-electron chi connectivity index (χ3n) is 2.74. The number of para-hydroxylation sites is 1. The molecule has 6 nitrogen and oxygen atoms in total. The second kappa shape index (κ2) is 5.70. The smallest absolute Gasteiger partial charge is 0.337 e. The Labute approximate surface area is 105 Å². The van der Waals surface area contributed by atoms with Gasteiger partial charge in [0.2, 0.25) is 0 Å². The maximum atomic E-state index is 10.9. The molecule has 2 rings (SSSR count). The Bertz CT molecular complexity index is 430. The van der Waals surface area contributed by atoms with Crippen LogP contribution in [0.1, 0.15) is 10.4 Å². The number of carboxylic acid groups (broad SMARTS) is 1. The highest BCUT2D eigenvalue weighted by Crippen LogP contribution is 2.22. The quantitative estimate of drug-likeness (QED) is 0.686. The molecule has 0 aliphatic carbocycles. The third kappa shape index (κ3) is 2.91. The molecule has 1 saturated heterocycles. The molecule has 1 aliphatic rings. The summed E-state index contributed by atoms with van der Waals surface area (Å²) < 4.78 is 10.7. The summed E-state index contributed by atoms with van der Waals surface area (Å²) in [6.45, 7) is 2.27. The van der Waals surface area contributed by atoms with Gasteiger partial charge in [-0.1, -0.05) is 6.07 Å². The SMILES string of the molecule is Nc1c(NCC2COCCO2)cccc1C(=O)O. The lowest BCUT2D eigenvalue weighted by Gasteiger charge is -2.24. The van der Waals surface area contributed by atoms with Crippen LogP contribution in [0.3, 0.4) is 0 Å². The molecular formula is C12H16N2O4. The number of rotatable bonds is 4. The molecule has 1 aromatic carbocycles. The maximum Gasteiger partial charge on any atom is 0.337 e. The van der Waals surface area contributed by atoms with Crippen molar-refractivity contribution in [1.82, 2.24) is 0 Å². The second-order valence-electron chi connectivity index (χ2n) is 4.02. The molecule has 1 unspecified atom stereocenters. The van der Waals surface area contributed by atoms with E-state index >= 15 is 0 Å². The Morgan fingerprint density at radius 3 is 3.00 bits per heavy atom. The fourth-order valence-electron chi connectivity index (χ4n) is 1.78. The van der Waals surface area contributed by atoms with E-state index in [2.05, 4.69) is 5.32 Å². The van der Waals surface area contributed by atoms with Crippen LogP contribution in [0.5, 0.6) is 0 Å². The van der Waals surface area contributed by atoms with Gasteiger partial charge in [-0.05, 0) is 12.1 Å². The number of carboxylic acids is 1. The predicted molar refractivity (Wildman–Crippen MR) is 66.9 cm³/mol. The molecule has 1 aromatic rings. The van der Waals surface area contributed by atoms with Crippen molar-refractivity contribution in [3.8, 4) is 0 Å². The summed E-state index contributed by atoms with van der Waals surface area (Å²) in [5.41, 5.74) is 6.72. The van der Waals surface area contributed by atoms with Crippen molar-refractivity contribution >= 4 is 17.3 Å². The number of anilines is 2. The first kappa shape index (κ1) is 12.7. The minimum atomic E-state index is -1.03. The van der Waals surface area contributed by atoms with Crippen molar-refractivity contribution in [3.63, 3.8) is 0 Å². The van der Waals surface area contributed by atoms with E-state index in [0.717, 1.165) is 0 Å². The van der Waals surface area contributed by atoms with Gasteiger partial charge in [-0.25, -0.2) is 4.79 Å². The van der Waals surface area contributed by atoms with Crippen LogP contribution in [0.15, 0.2) is 18.2 Å². The number of hydrogen-bond donors (Lipinski definition) is 3. The largest absolute Gasteiger partial charge is 0.478 e. The van der Waals surface area contributed by atoms with Crippen molar-refractivity contribution in [2.24, 2.45) is 0 Å². The molecule has 1 fully saturated rings. The van der Waals surface area contributed by atoms with Crippen molar-refractivity contribution in [2.45, 2.75) is 6.10 Å². The Morgan fingerprint density at radius 1 is 1.50 bits per heavy atom. The Hall–Kier alpha value is -1.79. The van der Waals surface area contributed by atoms with E-state index in [1.807, 2.05) is 0 Å². The number of nitrogens with one attached hydrogen (secondary N) is 1. The van der Waals surface area contributed by atoms with Crippen LogP contribution < -0.4 is 11.1 Å². The lowest BCUT2D eigenvalue weighted by molar-refractivity contribution is -0.0818. The molecule has 0 spiro atoms. The Morgan fingerprint density at radius 2 is 2.33 bits per heavy atom. The molecule has 6 heteroatoms. The van der Waals surface area contributed by atoms with Crippen molar-refractivity contribution in [2.75, 3.05) is 37.4 Å². The average Bonchev–Trinajstić information content (AvgIpc) is 2.38. The van der Waals surface area contributed by atoms with E-state index in [9.17, 15) is 4.79 Å². The zero-order valence-electron chi connectivity index (χ0n) is 9.89. The van der Waals surface area contributed by atoms with Gasteiger partial charge in [-0.3, -0.25) is 0 Å². The molecule has 0 amide bonds. The molecule has 1 atom stereocenters. The van der Waals surface area contributed by atoms with Gasteiger partial charge in [-0.2, -0.15) is 0 Å². The molecule has 0 saturated carbocycles. The van der Waals surface area contributed by atoms with E-state index in [0.29, 0.717) is 32.1 Å². The second-order valence-corrected chi connectivity index (χ2v) is 4.02. The number of ether oxygens (including phenoxy) is 2. The summed E-state index contributed by atoms with van der Waals surface area (Å²) in [5.74, 6) is -1.03. The van der Waals surface area contributed by atoms with Gasteiger partial charge >= 0.3 is 5.97 Å². The average molecular weight is 252 g/mol. The predicted octanol–water partition coefficient (Wildman–Crippen LogP) is 0.794. The zero-order chi connectivity index (χ0) is 13.0. The van der Waals surface area contributed by atoms with Crippen molar-refractivity contribution in [1.29, 1.82) is 0 Å². The van der Waals surface area contributed by atoms with Crippen LogP contribution in [-0.2, 0) is 9.47 Å². The van der Waals surface area contributed by atoms with Crippen LogP contribution in [0.4, 0.5) is 11.4 Å². The summed E-state index contributed by atoms with van der Waals surface area (Å²) in [7, 11) is 0. The molecule has 0 bridgehead atoms. The van der Waals surface area contributed by atoms with Crippen LogP contribution in [0.2, 0.25) is 0 Å². The van der Waals surface area contributed by atoms with Crippen LogP contribution in [0, 0.1) is 0 Å². The summed E-state index contributed by atoms with van der Waals surface area (Å²) in [5, 5.41) is 12.0. The molecular weight excluding hydrogens is 236 g/mol. The van der Waals surface area contributed by atoms with E-state index in [1.54, 1.807) is 12.1 Å². The monoisotopic (exact) mass is 252 g/mol. The first-order valence-corrected chi connectivity index (χ1v) is 5.73. The van der Waals surface area contributed by atoms with Crippen LogP contribution >= 0.6 is 0 Å². The number of carbonyl (C=O) groups is 1. The highest BCUT2D eigenvalue weighted by Gasteiger charge is 2.15. The Balaban J connectivity index is 2.00. The number of nitrogen functional groups attached to an aromatic ring is 1. The summed E-state index contributed by atoms with van der Waals surface area (Å²) in [6.07, 6.45) is -0.0355. The first-order valence-electron chi connectivity index (χ1n) is 5.73. The van der Waals surface area contributed by atoms with Crippen molar-refractivity contribution in [3.05, 3.63) is 23.8 Å². The van der Waals surface area contributed by atoms with E-state index in [1.165, 1.54) is 6.07 Å². The lowest BCUT2D eigenvalue weighted by atomic mass is 10.1. The van der Waals surface area contributed by atoms with Gasteiger partial charge in [0.05, 0.1) is 42.9 Å². The first-order chi connectivity index (χ1) is 8.68. The van der Waals surface area contributed by atoms with Crippen molar-refractivity contribution < 1.29 is 19.4 Å². The van der Waals surface area contributed by atoms with E-state index in [4.69, 9.17) is 20.3 Å². The topological polar surface area (TPSA) is 93.8 Å². The highest BCUT2D eigenvalue weighted by molar-refractivity contribution is 5.97. The van der Waals surface area contributed by atoms with Gasteiger partial charge in [0.1, 0.15) is 0 Å². The number of aromatic carboxylic acids is 1. The fourth-order valence-corrected chi connectivity index (χ4v) is 1.78. The number of hydrogen-bond acceptors (Lipinski definition) is 5. The van der Waals surface area contributed by atoms with Gasteiger partial charge < -0.3 is 25.6 Å². The van der Waals surface area contributed by atoms with E-state index < -0.39 is 5.97 Å². The molecule has 1 aliphatic heterocycles. The van der Waals surface area contributed by atoms with E-state index in [-0.39, 0.29) is 17.4 Å². The molecule has 18 heavy (non-hydrogen) atoms. The number of benzene rings is 1. The number of nitrogens with two attached hydrogens (primary N) is 1.